The molecule has 10 heteroatoms. The maximum Gasteiger partial charge on any atom is 0.390 e. The topological polar surface area (TPSA) is 81.2 Å². The van der Waals surface area contributed by atoms with Crippen molar-refractivity contribution in [3.05, 3.63) is 0 Å². The summed E-state index contributed by atoms with van der Waals surface area (Å²) in [4.78, 5) is 39.2. The highest BCUT2D eigenvalue weighted by molar-refractivity contribution is 5.91. The van der Waals surface area contributed by atoms with Gasteiger partial charge in [0, 0.05) is 13.1 Å². The monoisotopic (exact) mass is 351 g/mol. The molecule has 2 rings (SSSR count). The second-order valence-electron chi connectivity index (χ2n) is 6.03. The summed E-state index contributed by atoms with van der Waals surface area (Å²) in [5.41, 5.74) is 0. The number of aliphatic hydroxyl groups excluding tert-OH is 1. The maximum atomic E-state index is 12.2. The first-order valence-electron chi connectivity index (χ1n) is 7.76. The van der Waals surface area contributed by atoms with Gasteiger partial charge in [-0.05, 0) is 19.3 Å². The quantitative estimate of drug-likeness (QED) is 0.770. The van der Waals surface area contributed by atoms with Crippen molar-refractivity contribution in [1.29, 1.82) is 0 Å². The third kappa shape index (κ3) is 4.83. The molecule has 3 amide bonds. The molecule has 7 nitrogen and oxygen atoms in total. The highest BCUT2D eigenvalue weighted by atomic mass is 19.4. The molecular formula is C14H20F3N3O4. The van der Waals surface area contributed by atoms with Crippen LogP contribution < -0.4 is 0 Å². The summed E-state index contributed by atoms with van der Waals surface area (Å²) in [6.07, 6.45) is -4.96. The van der Waals surface area contributed by atoms with Crippen LogP contribution in [-0.2, 0) is 14.4 Å². The van der Waals surface area contributed by atoms with Crippen molar-refractivity contribution in [2.24, 2.45) is 0 Å². The van der Waals surface area contributed by atoms with Gasteiger partial charge in [0.25, 0.3) is 5.91 Å². The molecule has 0 bridgehead atoms. The van der Waals surface area contributed by atoms with Crippen LogP contribution in [0.3, 0.4) is 0 Å². The first kappa shape index (κ1) is 18.5. The summed E-state index contributed by atoms with van der Waals surface area (Å²) in [7, 11) is 0. The Hall–Kier alpha value is -1.84. The van der Waals surface area contributed by atoms with Gasteiger partial charge in [0.2, 0.25) is 11.8 Å². The maximum absolute atomic E-state index is 12.2. The van der Waals surface area contributed by atoms with E-state index in [2.05, 4.69) is 0 Å². The van der Waals surface area contributed by atoms with Crippen LogP contribution in [0.4, 0.5) is 13.2 Å². The Morgan fingerprint density at radius 2 is 1.92 bits per heavy atom. The fraction of sp³-hybridized carbons (Fsp3) is 0.786. The van der Waals surface area contributed by atoms with Crippen molar-refractivity contribution in [1.82, 2.24) is 14.7 Å². The molecule has 2 saturated heterocycles. The molecule has 0 saturated carbocycles. The molecule has 2 aliphatic rings. The normalized spacial score (nSPS) is 23.0. The van der Waals surface area contributed by atoms with Crippen LogP contribution in [0.15, 0.2) is 0 Å². The lowest BCUT2D eigenvalue weighted by molar-refractivity contribution is -0.145. The summed E-state index contributed by atoms with van der Waals surface area (Å²) in [5, 5.41) is 9.65. The van der Waals surface area contributed by atoms with Gasteiger partial charge in [-0.1, -0.05) is 0 Å². The molecule has 1 unspecified atom stereocenters. The minimum Gasteiger partial charge on any atom is -0.383 e. The Labute approximate surface area is 137 Å². The van der Waals surface area contributed by atoms with Crippen molar-refractivity contribution in [2.75, 3.05) is 32.8 Å². The number of halogens is 3. The highest BCUT2D eigenvalue weighted by Gasteiger charge is 2.36. The molecule has 2 heterocycles. The lowest BCUT2D eigenvalue weighted by atomic mass is 10.2. The Morgan fingerprint density at radius 1 is 1.21 bits per heavy atom. The molecule has 1 N–H and O–H groups in total. The van der Waals surface area contributed by atoms with Gasteiger partial charge in [-0.2, -0.15) is 13.2 Å². The van der Waals surface area contributed by atoms with Crippen molar-refractivity contribution >= 4 is 17.7 Å². The second kappa shape index (κ2) is 7.37. The zero-order valence-electron chi connectivity index (χ0n) is 13.1. The number of aliphatic hydroxyl groups is 1. The molecule has 0 aliphatic carbocycles. The average Bonchev–Trinajstić information content (AvgIpc) is 2.80. The van der Waals surface area contributed by atoms with Crippen LogP contribution in [0.25, 0.3) is 0 Å². The number of hydrogen-bond donors (Lipinski definition) is 1. The highest BCUT2D eigenvalue weighted by Crippen LogP contribution is 2.21. The SMILES string of the molecule is O=C1CN(C(=O)CN2CCCCC(O)C2=O)CN1CCC(F)(F)F. The van der Waals surface area contributed by atoms with Gasteiger partial charge < -0.3 is 19.8 Å². The minimum absolute atomic E-state index is 0.210. The van der Waals surface area contributed by atoms with Crippen LogP contribution in [0.5, 0.6) is 0 Å². The van der Waals surface area contributed by atoms with E-state index in [1.807, 2.05) is 0 Å². The average molecular weight is 351 g/mol. The van der Waals surface area contributed by atoms with Crippen molar-refractivity contribution < 1.29 is 32.7 Å². The molecule has 24 heavy (non-hydrogen) atoms. The zero-order valence-corrected chi connectivity index (χ0v) is 13.1. The van der Waals surface area contributed by atoms with E-state index in [1.165, 1.54) is 4.90 Å². The van der Waals surface area contributed by atoms with Gasteiger partial charge in [-0.25, -0.2) is 0 Å². The van der Waals surface area contributed by atoms with E-state index in [-0.39, 0.29) is 19.8 Å². The molecule has 136 valence electrons. The fourth-order valence-electron chi connectivity index (χ4n) is 2.73. The van der Waals surface area contributed by atoms with Gasteiger partial charge in [0.05, 0.1) is 19.6 Å². The van der Waals surface area contributed by atoms with Gasteiger partial charge >= 0.3 is 6.18 Å². The Balaban J connectivity index is 1.89. The zero-order chi connectivity index (χ0) is 17.9. The van der Waals surface area contributed by atoms with Gasteiger partial charge in [-0.15, -0.1) is 0 Å². The van der Waals surface area contributed by atoms with Gasteiger partial charge in [0.1, 0.15) is 12.6 Å². The fourth-order valence-corrected chi connectivity index (χ4v) is 2.73. The summed E-state index contributed by atoms with van der Waals surface area (Å²) in [6, 6.07) is 0. The molecule has 2 fully saturated rings. The van der Waals surface area contributed by atoms with Crippen LogP contribution in [0, 0.1) is 0 Å². The third-order valence-corrected chi connectivity index (χ3v) is 4.12. The van der Waals surface area contributed by atoms with E-state index in [0.717, 1.165) is 9.80 Å². The molecule has 0 aromatic rings. The number of amides is 3. The van der Waals surface area contributed by atoms with E-state index in [0.29, 0.717) is 25.8 Å². The van der Waals surface area contributed by atoms with Crippen molar-refractivity contribution in [2.45, 2.75) is 38.0 Å². The Bertz CT molecular complexity index is 512. The standard InChI is InChI=1S/C14H20F3N3O4/c15-14(16,17)4-6-19-9-20(8-11(19)22)12(23)7-18-5-2-1-3-10(21)13(18)24/h10,21H,1-9H2. The molecular weight excluding hydrogens is 331 g/mol. The minimum atomic E-state index is -4.37. The molecule has 0 aromatic heterocycles. The van der Waals surface area contributed by atoms with E-state index in [1.54, 1.807) is 0 Å². The molecule has 2 aliphatic heterocycles. The van der Waals surface area contributed by atoms with Crippen LogP contribution >= 0.6 is 0 Å². The number of rotatable bonds is 4. The molecule has 0 aromatic carbocycles. The van der Waals surface area contributed by atoms with E-state index >= 15 is 0 Å². The van der Waals surface area contributed by atoms with Crippen LogP contribution in [0.1, 0.15) is 25.7 Å². The van der Waals surface area contributed by atoms with E-state index in [9.17, 15) is 32.7 Å². The van der Waals surface area contributed by atoms with Crippen molar-refractivity contribution in [3.8, 4) is 0 Å². The lowest BCUT2D eigenvalue weighted by Gasteiger charge is -2.24. The number of nitrogens with zero attached hydrogens (tertiary/aromatic N) is 3. The summed E-state index contributed by atoms with van der Waals surface area (Å²) < 4.78 is 36.7. The molecule has 0 radical (unpaired) electrons. The first-order valence-corrected chi connectivity index (χ1v) is 7.76. The van der Waals surface area contributed by atoms with E-state index < -0.39 is 43.0 Å². The largest absolute Gasteiger partial charge is 0.390 e. The predicted octanol–water partition coefficient (Wildman–Crippen LogP) is -0.0595. The smallest absolute Gasteiger partial charge is 0.383 e. The first-order chi connectivity index (χ1) is 11.2. The molecule has 1 atom stereocenters. The van der Waals surface area contributed by atoms with Crippen LogP contribution in [-0.4, -0.2) is 82.7 Å². The predicted molar refractivity (Wildman–Crippen MR) is 75.4 cm³/mol. The second-order valence-corrected chi connectivity index (χ2v) is 6.03. The Kier molecular flexibility index (Phi) is 5.68. The van der Waals surface area contributed by atoms with Gasteiger partial charge in [0.15, 0.2) is 0 Å². The summed E-state index contributed by atoms with van der Waals surface area (Å²) >= 11 is 0. The lowest BCUT2D eigenvalue weighted by Crippen LogP contribution is -2.45. The van der Waals surface area contributed by atoms with Crippen LogP contribution in [0.2, 0.25) is 0 Å². The number of likely N-dealkylation sites (tertiary alicyclic amines) is 1. The summed E-state index contributed by atoms with van der Waals surface area (Å²) in [5.74, 6) is -1.59. The number of hydrogen-bond acceptors (Lipinski definition) is 4. The summed E-state index contributed by atoms with van der Waals surface area (Å²) in [6.45, 7) is -0.940. The van der Waals surface area contributed by atoms with Crippen molar-refractivity contribution in [3.63, 3.8) is 0 Å². The van der Waals surface area contributed by atoms with Gasteiger partial charge in [-0.3, -0.25) is 14.4 Å². The number of carbonyl (C=O) groups excluding carboxylic acids is 3. The Morgan fingerprint density at radius 3 is 2.58 bits per heavy atom. The third-order valence-electron chi connectivity index (χ3n) is 4.12. The molecule has 0 spiro atoms. The van der Waals surface area contributed by atoms with E-state index in [4.69, 9.17) is 0 Å². The number of carbonyl (C=O) groups is 3. The number of alkyl halides is 3.